The van der Waals surface area contributed by atoms with Crippen LogP contribution < -0.4 is 17.0 Å². The molecule has 0 bridgehead atoms. The van der Waals surface area contributed by atoms with Crippen molar-refractivity contribution in [3.05, 3.63) is 44.8 Å². The van der Waals surface area contributed by atoms with Gasteiger partial charge >= 0.3 is 5.69 Å². The number of Topliss-reactive ketones (excluding diaryl/α,β-unsaturated/α-hetero) is 1. The van der Waals surface area contributed by atoms with Crippen molar-refractivity contribution in [3.63, 3.8) is 0 Å². The van der Waals surface area contributed by atoms with Gasteiger partial charge in [0.1, 0.15) is 11.4 Å². The van der Waals surface area contributed by atoms with E-state index in [1.165, 1.54) is 10.8 Å². The average molecular weight is 375 g/mol. The van der Waals surface area contributed by atoms with E-state index in [4.69, 9.17) is 14.6 Å². The van der Waals surface area contributed by atoms with E-state index in [-0.39, 0.29) is 34.3 Å². The molecule has 4 rings (SSSR count). The maximum atomic E-state index is 12.5. The van der Waals surface area contributed by atoms with Gasteiger partial charge in [-0.25, -0.2) is 4.79 Å². The zero-order valence-electron chi connectivity index (χ0n) is 13.3. The molecule has 0 atom stereocenters. The third-order valence-corrected chi connectivity index (χ3v) is 4.66. The highest BCUT2D eigenvalue weighted by Gasteiger charge is 2.30. The minimum atomic E-state index is -0.795. The third kappa shape index (κ3) is 2.96. The molecular formula is C15H13N5O5S. The van der Waals surface area contributed by atoms with E-state index in [1.807, 2.05) is 0 Å². The molecule has 134 valence electrons. The number of carbonyl (C=O) groups is 1. The van der Waals surface area contributed by atoms with Gasteiger partial charge in [0, 0.05) is 6.04 Å². The Hall–Kier alpha value is -3.08. The molecule has 0 aliphatic heterocycles. The molecule has 1 aliphatic carbocycles. The molecule has 26 heavy (non-hydrogen) atoms. The topological polar surface area (TPSA) is 150 Å². The molecule has 11 heteroatoms. The minimum Gasteiger partial charge on any atom is -0.459 e. The van der Waals surface area contributed by atoms with E-state index in [0.29, 0.717) is 5.76 Å². The Morgan fingerprint density at radius 2 is 2.19 bits per heavy atom. The van der Waals surface area contributed by atoms with Crippen molar-refractivity contribution in [2.24, 2.45) is 0 Å². The molecule has 3 heterocycles. The standard InChI is InChI=1S/C15H13N5O5S/c16-11-10(12(22)17-14(23)20(11)7-3-4-7)8(21)6-26-15-19-18-13(25-15)9-2-1-5-24-9/h1-2,5,7H,3-4,6,16H2,(H,17,22,23). The summed E-state index contributed by atoms with van der Waals surface area (Å²) in [6.07, 6.45) is 3.05. The Morgan fingerprint density at radius 3 is 2.88 bits per heavy atom. The number of nitrogen functional groups attached to an aromatic ring is 1. The Morgan fingerprint density at radius 1 is 1.38 bits per heavy atom. The molecule has 1 aliphatic rings. The van der Waals surface area contributed by atoms with Crippen LogP contribution in [-0.2, 0) is 0 Å². The van der Waals surface area contributed by atoms with Crippen LogP contribution in [0.2, 0.25) is 0 Å². The molecular weight excluding hydrogens is 362 g/mol. The Labute approximate surface area is 149 Å². The third-order valence-electron chi connectivity index (χ3n) is 3.84. The number of ketones is 1. The lowest BCUT2D eigenvalue weighted by Crippen LogP contribution is -2.36. The first kappa shape index (κ1) is 16.4. The predicted octanol–water partition coefficient (Wildman–Crippen LogP) is 1.07. The van der Waals surface area contributed by atoms with Gasteiger partial charge in [-0.05, 0) is 25.0 Å². The number of nitrogens with one attached hydrogen (secondary N) is 1. The number of carbonyl (C=O) groups excluding carboxylic acids is 1. The van der Waals surface area contributed by atoms with Gasteiger partial charge in [0.05, 0.1) is 12.0 Å². The molecule has 3 aromatic heterocycles. The molecule has 1 fully saturated rings. The van der Waals surface area contributed by atoms with E-state index in [2.05, 4.69) is 15.2 Å². The zero-order chi connectivity index (χ0) is 18.3. The van der Waals surface area contributed by atoms with Crippen molar-refractivity contribution < 1.29 is 13.6 Å². The second-order valence-electron chi connectivity index (χ2n) is 5.68. The lowest BCUT2D eigenvalue weighted by Gasteiger charge is -2.10. The van der Waals surface area contributed by atoms with E-state index >= 15 is 0 Å². The summed E-state index contributed by atoms with van der Waals surface area (Å²) in [6, 6.07) is 3.28. The number of rotatable bonds is 6. The molecule has 0 aromatic carbocycles. The van der Waals surface area contributed by atoms with Gasteiger partial charge in [-0.1, -0.05) is 11.8 Å². The minimum absolute atomic E-state index is 0.0645. The summed E-state index contributed by atoms with van der Waals surface area (Å²) >= 11 is 0.966. The molecule has 1 saturated carbocycles. The second-order valence-corrected chi connectivity index (χ2v) is 6.61. The molecule has 0 radical (unpaired) electrons. The number of thioether (sulfide) groups is 1. The van der Waals surface area contributed by atoms with Crippen LogP contribution in [-0.4, -0.2) is 31.3 Å². The molecule has 0 saturated heterocycles. The fraction of sp³-hybridized carbons (Fsp3) is 0.267. The maximum Gasteiger partial charge on any atom is 0.330 e. The van der Waals surface area contributed by atoms with Crippen LogP contribution in [0.25, 0.3) is 11.7 Å². The number of hydrogen-bond acceptors (Lipinski definition) is 9. The number of anilines is 1. The number of nitrogens with zero attached hydrogens (tertiary/aromatic N) is 3. The van der Waals surface area contributed by atoms with Gasteiger partial charge in [-0.15, -0.1) is 10.2 Å². The summed E-state index contributed by atoms with van der Waals surface area (Å²) < 4.78 is 11.8. The lowest BCUT2D eigenvalue weighted by atomic mass is 10.2. The number of nitrogens with two attached hydrogens (primary N) is 1. The summed E-state index contributed by atoms with van der Waals surface area (Å²) in [5, 5.41) is 7.78. The van der Waals surface area contributed by atoms with Crippen LogP contribution in [0.3, 0.4) is 0 Å². The summed E-state index contributed by atoms with van der Waals surface area (Å²) in [6.45, 7) is 0. The first-order valence-electron chi connectivity index (χ1n) is 7.72. The molecule has 10 nitrogen and oxygen atoms in total. The van der Waals surface area contributed by atoms with E-state index in [9.17, 15) is 14.4 Å². The quantitative estimate of drug-likeness (QED) is 0.476. The van der Waals surface area contributed by atoms with Crippen molar-refractivity contribution in [2.45, 2.75) is 24.1 Å². The number of furan rings is 1. The van der Waals surface area contributed by atoms with Crippen LogP contribution in [0.4, 0.5) is 5.82 Å². The number of aromatic nitrogens is 4. The van der Waals surface area contributed by atoms with Crippen molar-refractivity contribution in [3.8, 4) is 11.7 Å². The van der Waals surface area contributed by atoms with Gasteiger partial charge in [-0.2, -0.15) is 0 Å². The van der Waals surface area contributed by atoms with Crippen molar-refractivity contribution in [1.29, 1.82) is 0 Å². The molecule has 3 N–H and O–H groups in total. The van der Waals surface area contributed by atoms with Crippen molar-refractivity contribution >= 4 is 23.4 Å². The molecule has 0 spiro atoms. The van der Waals surface area contributed by atoms with Crippen LogP contribution in [0, 0.1) is 0 Å². The van der Waals surface area contributed by atoms with Crippen molar-refractivity contribution in [2.75, 3.05) is 11.5 Å². The van der Waals surface area contributed by atoms with Crippen LogP contribution >= 0.6 is 11.8 Å². The SMILES string of the molecule is Nc1c(C(=O)CSc2nnc(-c3ccco3)o2)c(=O)[nH]c(=O)n1C1CC1. The van der Waals surface area contributed by atoms with Gasteiger partial charge in [-0.3, -0.25) is 19.1 Å². The van der Waals surface area contributed by atoms with E-state index in [1.54, 1.807) is 12.1 Å². The largest absolute Gasteiger partial charge is 0.459 e. The average Bonchev–Trinajstić information content (AvgIpc) is 3.10. The summed E-state index contributed by atoms with van der Waals surface area (Å²) in [7, 11) is 0. The first-order chi connectivity index (χ1) is 12.5. The van der Waals surface area contributed by atoms with Gasteiger partial charge < -0.3 is 14.6 Å². The van der Waals surface area contributed by atoms with Gasteiger partial charge in [0.2, 0.25) is 0 Å². The van der Waals surface area contributed by atoms with Crippen LogP contribution in [0.5, 0.6) is 0 Å². The fourth-order valence-electron chi connectivity index (χ4n) is 2.50. The number of aromatic amines is 1. The van der Waals surface area contributed by atoms with Crippen LogP contribution in [0.15, 0.2) is 42.0 Å². The van der Waals surface area contributed by atoms with Gasteiger partial charge in [0.15, 0.2) is 11.5 Å². The number of hydrogen-bond donors (Lipinski definition) is 2. The normalized spacial score (nSPS) is 13.8. The maximum absolute atomic E-state index is 12.5. The summed E-state index contributed by atoms with van der Waals surface area (Å²) in [4.78, 5) is 38.5. The van der Waals surface area contributed by atoms with Gasteiger partial charge in [0.25, 0.3) is 16.7 Å². The van der Waals surface area contributed by atoms with Crippen molar-refractivity contribution in [1.82, 2.24) is 19.7 Å². The summed E-state index contributed by atoms with van der Waals surface area (Å²) in [5.74, 6) is -0.178. The Kier molecular flexibility index (Phi) is 3.99. The molecule has 0 unspecified atom stereocenters. The summed E-state index contributed by atoms with van der Waals surface area (Å²) in [5.41, 5.74) is 4.29. The lowest BCUT2D eigenvalue weighted by molar-refractivity contribution is 0.102. The molecule has 3 aromatic rings. The highest BCUT2D eigenvalue weighted by molar-refractivity contribution is 7.99. The Balaban J connectivity index is 1.53. The smallest absolute Gasteiger partial charge is 0.330 e. The van der Waals surface area contributed by atoms with Crippen LogP contribution in [0.1, 0.15) is 29.2 Å². The molecule has 0 amide bonds. The highest BCUT2D eigenvalue weighted by Crippen LogP contribution is 2.35. The Bertz CT molecular complexity index is 1080. The van der Waals surface area contributed by atoms with E-state index < -0.39 is 17.0 Å². The number of H-pyrrole nitrogens is 1. The zero-order valence-corrected chi connectivity index (χ0v) is 14.1. The second kappa shape index (κ2) is 6.33. The fourth-order valence-corrected chi connectivity index (χ4v) is 3.13. The highest BCUT2D eigenvalue weighted by atomic mass is 32.2. The monoisotopic (exact) mass is 375 g/mol. The predicted molar refractivity (Wildman–Crippen MR) is 91.1 cm³/mol. The first-order valence-corrected chi connectivity index (χ1v) is 8.71. The van der Waals surface area contributed by atoms with E-state index in [0.717, 1.165) is 24.6 Å².